The molecule has 1 nitrogen and oxygen atoms in total. The van der Waals surface area contributed by atoms with Crippen LogP contribution in [0.5, 0.6) is 0 Å². The molecule has 3 aromatic carbocycles. The van der Waals surface area contributed by atoms with Crippen LogP contribution in [-0.2, 0) is 0 Å². The van der Waals surface area contributed by atoms with E-state index in [2.05, 4.69) is 78.9 Å². The van der Waals surface area contributed by atoms with Crippen molar-refractivity contribution in [2.45, 2.75) is 0 Å². The molecule has 0 aliphatic heterocycles. The minimum atomic E-state index is 1.04. The maximum absolute atomic E-state index is 4.87. The van der Waals surface area contributed by atoms with Gasteiger partial charge in [0.05, 0.1) is 11.2 Å². The van der Waals surface area contributed by atoms with Gasteiger partial charge in [-0.2, -0.15) is 0 Å². The fourth-order valence-electron chi connectivity index (χ4n) is 3.29. The van der Waals surface area contributed by atoms with E-state index < -0.39 is 0 Å². The third-order valence-electron chi connectivity index (χ3n) is 4.38. The normalized spacial score (nSPS) is 12.4. The predicted molar refractivity (Wildman–Crippen MR) is 93.6 cm³/mol. The number of pyridine rings is 1. The molecule has 0 bridgehead atoms. The van der Waals surface area contributed by atoms with E-state index in [0.717, 1.165) is 11.2 Å². The molecular weight excluding hydrogens is 266 g/mol. The highest BCUT2D eigenvalue weighted by Crippen LogP contribution is 2.33. The lowest BCUT2D eigenvalue weighted by atomic mass is 10.0. The van der Waals surface area contributed by atoms with E-state index in [1.165, 1.54) is 32.8 Å². The maximum atomic E-state index is 4.87. The summed E-state index contributed by atoms with van der Waals surface area (Å²) < 4.78 is 0. The van der Waals surface area contributed by atoms with E-state index in [1.54, 1.807) is 0 Å². The van der Waals surface area contributed by atoms with Crippen LogP contribution in [0.25, 0.3) is 45.1 Å². The minimum Gasteiger partial charge on any atom is -0.248 e. The standard InChI is InChI=1S/C21H13N/c1-2-5-16-12-17(10-8-14(16)4-1)20-13-18-11-9-15-6-3-7-19(22-20)21(15)18/h1-13H. The maximum Gasteiger partial charge on any atom is 0.0721 e. The molecule has 1 aromatic heterocycles. The molecular formula is C21H13N. The summed E-state index contributed by atoms with van der Waals surface area (Å²) in [6.45, 7) is 0. The average Bonchev–Trinajstić information content (AvgIpc) is 2.99. The molecule has 102 valence electrons. The third kappa shape index (κ3) is 1.63. The number of hydrogen-bond donors (Lipinski definition) is 0. The second-order valence-corrected chi connectivity index (χ2v) is 5.73. The van der Waals surface area contributed by atoms with Crippen LogP contribution < -0.4 is 0 Å². The third-order valence-corrected chi connectivity index (χ3v) is 4.38. The highest BCUT2D eigenvalue weighted by atomic mass is 14.7. The minimum absolute atomic E-state index is 1.04. The molecule has 22 heavy (non-hydrogen) atoms. The van der Waals surface area contributed by atoms with Gasteiger partial charge in [0.2, 0.25) is 0 Å². The predicted octanol–water partition coefficient (Wildman–Crippen LogP) is 5.54. The first-order valence-corrected chi connectivity index (χ1v) is 7.49. The lowest BCUT2D eigenvalue weighted by Crippen LogP contribution is -1.88. The van der Waals surface area contributed by atoms with E-state index in [4.69, 9.17) is 4.98 Å². The van der Waals surface area contributed by atoms with E-state index in [-0.39, 0.29) is 0 Å². The molecule has 0 radical (unpaired) electrons. The summed E-state index contributed by atoms with van der Waals surface area (Å²) in [6, 6.07) is 23.5. The molecule has 0 spiro atoms. The molecule has 0 N–H and O–H groups in total. The van der Waals surface area contributed by atoms with Crippen LogP contribution in [0.1, 0.15) is 11.1 Å². The van der Waals surface area contributed by atoms with Gasteiger partial charge in [-0.1, -0.05) is 60.7 Å². The Labute approximate surface area is 128 Å². The lowest BCUT2D eigenvalue weighted by molar-refractivity contribution is 1.40. The smallest absolute Gasteiger partial charge is 0.0721 e. The molecule has 5 rings (SSSR count). The molecule has 1 aliphatic rings. The summed E-state index contributed by atoms with van der Waals surface area (Å²) in [5.41, 5.74) is 5.82. The summed E-state index contributed by atoms with van der Waals surface area (Å²) in [5, 5.41) is 3.79. The Kier molecular flexibility index (Phi) is 2.28. The highest BCUT2D eigenvalue weighted by molar-refractivity contribution is 6.04. The molecule has 1 heterocycles. The Hall–Kier alpha value is -2.93. The van der Waals surface area contributed by atoms with Gasteiger partial charge in [0.25, 0.3) is 0 Å². The first-order valence-electron chi connectivity index (χ1n) is 7.49. The van der Waals surface area contributed by atoms with Crippen LogP contribution >= 0.6 is 0 Å². The van der Waals surface area contributed by atoms with Crippen LogP contribution in [0.3, 0.4) is 0 Å². The zero-order chi connectivity index (χ0) is 14.5. The Balaban J connectivity index is 1.78. The van der Waals surface area contributed by atoms with Crippen LogP contribution in [-0.4, -0.2) is 4.98 Å². The molecule has 0 amide bonds. The van der Waals surface area contributed by atoms with E-state index in [0.29, 0.717) is 0 Å². The van der Waals surface area contributed by atoms with Crippen LogP contribution in [0.4, 0.5) is 0 Å². The van der Waals surface area contributed by atoms with Gasteiger partial charge in [-0.05, 0) is 40.1 Å². The fraction of sp³-hybridized carbons (Fsp3) is 0. The van der Waals surface area contributed by atoms with Crippen molar-refractivity contribution in [3.63, 3.8) is 0 Å². The van der Waals surface area contributed by atoms with Gasteiger partial charge in [0, 0.05) is 10.9 Å². The van der Waals surface area contributed by atoms with Crippen molar-refractivity contribution >= 4 is 33.8 Å². The monoisotopic (exact) mass is 279 g/mol. The first kappa shape index (κ1) is 11.7. The molecule has 1 aliphatic carbocycles. The Morgan fingerprint density at radius 2 is 1.50 bits per heavy atom. The SMILES string of the molecule is C1=Cc2cc(-c3ccc4ccccc4c3)nc3cccc1c23. The number of rotatable bonds is 1. The van der Waals surface area contributed by atoms with Crippen molar-refractivity contribution in [2.75, 3.05) is 0 Å². The van der Waals surface area contributed by atoms with Crippen molar-refractivity contribution in [1.82, 2.24) is 4.98 Å². The number of aromatic nitrogens is 1. The van der Waals surface area contributed by atoms with Gasteiger partial charge in [-0.25, -0.2) is 4.98 Å². The zero-order valence-electron chi connectivity index (χ0n) is 12.0. The number of nitrogens with zero attached hydrogens (tertiary/aromatic N) is 1. The van der Waals surface area contributed by atoms with Crippen molar-refractivity contribution in [3.05, 3.63) is 77.9 Å². The van der Waals surface area contributed by atoms with Gasteiger partial charge >= 0.3 is 0 Å². The van der Waals surface area contributed by atoms with Crippen molar-refractivity contribution in [2.24, 2.45) is 0 Å². The van der Waals surface area contributed by atoms with Gasteiger partial charge in [-0.3, -0.25) is 0 Å². The second kappa shape index (κ2) is 4.28. The summed E-state index contributed by atoms with van der Waals surface area (Å²) in [4.78, 5) is 4.87. The summed E-state index contributed by atoms with van der Waals surface area (Å²) in [6.07, 6.45) is 4.35. The summed E-state index contributed by atoms with van der Waals surface area (Å²) >= 11 is 0. The molecule has 0 fully saturated rings. The number of fused-ring (bicyclic) bond motifs is 1. The average molecular weight is 279 g/mol. The second-order valence-electron chi connectivity index (χ2n) is 5.73. The molecule has 4 aromatic rings. The van der Waals surface area contributed by atoms with Gasteiger partial charge < -0.3 is 0 Å². The summed E-state index contributed by atoms with van der Waals surface area (Å²) in [7, 11) is 0. The lowest BCUT2D eigenvalue weighted by Gasteiger charge is -2.07. The van der Waals surface area contributed by atoms with Crippen LogP contribution in [0.2, 0.25) is 0 Å². The number of hydrogen-bond acceptors (Lipinski definition) is 1. The fourth-order valence-corrected chi connectivity index (χ4v) is 3.29. The van der Waals surface area contributed by atoms with E-state index >= 15 is 0 Å². The van der Waals surface area contributed by atoms with Crippen molar-refractivity contribution < 1.29 is 0 Å². The highest BCUT2D eigenvalue weighted by Gasteiger charge is 2.12. The zero-order valence-corrected chi connectivity index (χ0v) is 12.0. The van der Waals surface area contributed by atoms with Gasteiger partial charge in [0.15, 0.2) is 0 Å². The van der Waals surface area contributed by atoms with Gasteiger partial charge in [-0.15, -0.1) is 0 Å². The van der Waals surface area contributed by atoms with Crippen molar-refractivity contribution in [3.8, 4) is 11.3 Å². The Morgan fingerprint density at radius 1 is 0.636 bits per heavy atom. The van der Waals surface area contributed by atoms with Crippen LogP contribution in [0, 0.1) is 0 Å². The molecule has 0 saturated carbocycles. The molecule has 0 unspecified atom stereocenters. The summed E-state index contributed by atoms with van der Waals surface area (Å²) in [5.74, 6) is 0. The largest absolute Gasteiger partial charge is 0.248 e. The quantitative estimate of drug-likeness (QED) is 0.392. The van der Waals surface area contributed by atoms with E-state index in [1.807, 2.05) is 0 Å². The first-order chi connectivity index (χ1) is 10.9. The van der Waals surface area contributed by atoms with E-state index in [9.17, 15) is 0 Å². The molecule has 0 atom stereocenters. The van der Waals surface area contributed by atoms with Crippen molar-refractivity contribution in [1.29, 1.82) is 0 Å². The molecule has 1 heteroatoms. The Morgan fingerprint density at radius 3 is 2.45 bits per heavy atom. The van der Waals surface area contributed by atoms with Gasteiger partial charge in [0.1, 0.15) is 0 Å². The van der Waals surface area contributed by atoms with Crippen LogP contribution in [0.15, 0.2) is 66.7 Å². The molecule has 0 saturated heterocycles. The Bertz CT molecular complexity index is 1070. The number of benzene rings is 3. The topological polar surface area (TPSA) is 12.9 Å².